The van der Waals surface area contributed by atoms with E-state index in [1.54, 1.807) is 12.1 Å². The van der Waals surface area contributed by atoms with E-state index < -0.39 is 29.9 Å². The molecule has 0 N–H and O–H groups in total. The van der Waals surface area contributed by atoms with E-state index in [0.717, 1.165) is 15.0 Å². The predicted octanol–water partition coefficient (Wildman–Crippen LogP) is 2.94. The van der Waals surface area contributed by atoms with Crippen LogP contribution in [0.3, 0.4) is 0 Å². The molecule has 0 atom stereocenters. The third kappa shape index (κ3) is 2.85. The first-order valence-corrected chi connectivity index (χ1v) is 10.5. The lowest BCUT2D eigenvalue weighted by Crippen LogP contribution is -2.35. The van der Waals surface area contributed by atoms with Gasteiger partial charge in [-0.15, -0.1) is 22.7 Å². The smallest absolute Gasteiger partial charge is 0.328 e. The van der Waals surface area contributed by atoms with E-state index in [4.69, 9.17) is 4.84 Å². The normalized spacial score (nSPS) is 13.1. The molecule has 148 valence electrons. The maximum absolute atomic E-state index is 13.0. The summed E-state index contributed by atoms with van der Waals surface area (Å²) in [6.45, 7) is -0.491. The standard InChI is InChI=1S/C20H11N3O5S2/c24-15(28-23-18(25)11-4-1-2-5-12(11)19(23)26)8-22-10-21-17-16(20(22)27)13(9-30-17)14-6-3-7-29-14/h1-7,9-10H,8H2. The Hall–Kier alpha value is -3.63. The van der Waals surface area contributed by atoms with Gasteiger partial charge in [0, 0.05) is 15.8 Å². The minimum atomic E-state index is -0.930. The quantitative estimate of drug-likeness (QED) is 0.455. The number of carbonyl (C=O) groups excluding carboxylic acids is 3. The number of hydroxylamine groups is 2. The highest BCUT2D eigenvalue weighted by Crippen LogP contribution is 2.33. The molecule has 4 heterocycles. The van der Waals surface area contributed by atoms with E-state index in [9.17, 15) is 19.2 Å². The molecule has 1 aromatic carbocycles. The maximum atomic E-state index is 13.0. The highest BCUT2D eigenvalue weighted by Gasteiger charge is 2.38. The zero-order valence-corrected chi connectivity index (χ0v) is 16.7. The number of hydrogen-bond donors (Lipinski definition) is 0. The molecule has 0 radical (unpaired) electrons. The van der Waals surface area contributed by atoms with Crippen molar-refractivity contribution in [3.63, 3.8) is 0 Å². The van der Waals surface area contributed by atoms with Crippen LogP contribution in [0.4, 0.5) is 0 Å². The Bertz CT molecular complexity index is 1350. The van der Waals surface area contributed by atoms with Crippen LogP contribution in [0.15, 0.2) is 58.3 Å². The van der Waals surface area contributed by atoms with Gasteiger partial charge in [0.2, 0.25) is 0 Å². The summed E-state index contributed by atoms with van der Waals surface area (Å²) in [5.74, 6) is -2.37. The fourth-order valence-corrected chi connectivity index (χ4v) is 4.93. The summed E-state index contributed by atoms with van der Waals surface area (Å²) in [6.07, 6.45) is 1.25. The molecule has 4 aromatic rings. The Kier molecular flexibility index (Phi) is 4.30. The molecule has 0 saturated carbocycles. The number of hydrogen-bond acceptors (Lipinski definition) is 8. The van der Waals surface area contributed by atoms with E-state index in [0.29, 0.717) is 15.3 Å². The average molecular weight is 437 g/mol. The van der Waals surface area contributed by atoms with Crippen molar-refractivity contribution in [3.8, 4) is 10.4 Å². The fraction of sp³-hybridized carbons (Fsp3) is 0.0500. The maximum Gasteiger partial charge on any atom is 0.352 e. The number of imide groups is 1. The highest BCUT2D eigenvalue weighted by atomic mass is 32.1. The molecule has 10 heteroatoms. The van der Waals surface area contributed by atoms with Crippen LogP contribution < -0.4 is 5.56 Å². The minimum Gasteiger partial charge on any atom is -0.328 e. The first-order chi connectivity index (χ1) is 14.5. The molecule has 2 amide bonds. The number of carbonyl (C=O) groups is 3. The lowest BCUT2D eigenvalue weighted by atomic mass is 10.1. The first-order valence-electron chi connectivity index (χ1n) is 8.73. The second kappa shape index (κ2) is 7.01. The van der Waals surface area contributed by atoms with E-state index in [1.807, 2.05) is 22.9 Å². The van der Waals surface area contributed by atoms with E-state index >= 15 is 0 Å². The Balaban J connectivity index is 1.41. The number of aromatic nitrogens is 2. The SMILES string of the molecule is O=C(Cn1cnc2scc(-c3cccs3)c2c1=O)ON1C(=O)c2ccccc2C1=O. The Morgan fingerprint density at radius 2 is 1.70 bits per heavy atom. The minimum absolute atomic E-state index is 0.161. The van der Waals surface area contributed by atoms with Crippen LogP contribution in [0.1, 0.15) is 20.7 Å². The number of fused-ring (bicyclic) bond motifs is 2. The fourth-order valence-electron chi connectivity index (χ4n) is 3.21. The van der Waals surface area contributed by atoms with Crippen molar-refractivity contribution in [1.29, 1.82) is 0 Å². The molecular weight excluding hydrogens is 426 g/mol. The molecule has 3 aromatic heterocycles. The number of nitrogens with zero attached hydrogens (tertiary/aromatic N) is 3. The number of rotatable bonds is 4. The van der Waals surface area contributed by atoms with Gasteiger partial charge in [0.25, 0.3) is 17.4 Å². The van der Waals surface area contributed by atoms with Crippen LogP contribution in [0, 0.1) is 0 Å². The van der Waals surface area contributed by atoms with Gasteiger partial charge in [0.15, 0.2) is 0 Å². The van der Waals surface area contributed by atoms with Gasteiger partial charge in [0.1, 0.15) is 11.4 Å². The van der Waals surface area contributed by atoms with Crippen molar-refractivity contribution in [2.75, 3.05) is 0 Å². The molecule has 0 fully saturated rings. The van der Waals surface area contributed by atoms with Gasteiger partial charge >= 0.3 is 5.97 Å². The summed E-state index contributed by atoms with van der Waals surface area (Å²) in [5, 5.41) is 4.60. The molecule has 1 aliphatic rings. The van der Waals surface area contributed by atoms with Crippen molar-refractivity contribution >= 4 is 50.7 Å². The van der Waals surface area contributed by atoms with Crippen LogP contribution >= 0.6 is 22.7 Å². The van der Waals surface area contributed by atoms with Gasteiger partial charge < -0.3 is 4.84 Å². The summed E-state index contributed by atoms with van der Waals surface area (Å²) in [6, 6.07) is 9.98. The summed E-state index contributed by atoms with van der Waals surface area (Å²) < 4.78 is 1.10. The summed E-state index contributed by atoms with van der Waals surface area (Å²) >= 11 is 2.84. The average Bonchev–Trinajstić information content (AvgIpc) is 3.47. The largest absolute Gasteiger partial charge is 0.352 e. The monoisotopic (exact) mass is 437 g/mol. The zero-order valence-electron chi connectivity index (χ0n) is 15.1. The predicted molar refractivity (Wildman–Crippen MR) is 110 cm³/mol. The lowest BCUT2D eigenvalue weighted by molar-refractivity contribution is -0.169. The van der Waals surface area contributed by atoms with Gasteiger partial charge in [-0.2, -0.15) is 0 Å². The van der Waals surface area contributed by atoms with Crippen molar-refractivity contribution in [3.05, 3.63) is 75.0 Å². The van der Waals surface area contributed by atoms with Crippen LogP contribution in [-0.4, -0.2) is 32.4 Å². The highest BCUT2D eigenvalue weighted by molar-refractivity contribution is 7.18. The van der Waals surface area contributed by atoms with Crippen molar-refractivity contribution in [2.24, 2.45) is 0 Å². The zero-order chi connectivity index (χ0) is 20.8. The Morgan fingerprint density at radius 3 is 2.37 bits per heavy atom. The van der Waals surface area contributed by atoms with Crippen LogP contribution in [0.5, 0.6) is 0 Å². The summed E-state index contributed by atoms with van der Waals surface area (Å²) in [4.78, 5) is 60.7. The Morgan fingerprint density at radius 1 is 0.967 bits per heavy atom. The van der Waals surface area contributed by atoms with E-state index in [1.165, 1.54) is 41.1 Å². The Labute approximate surface area is 176 Å². The van der Waals surface area contributed by atoms with Crippen molar-refractivity contribution < 1.29 is 19.2 Å². The molecular formula is C20H11N3O5S2. The third-order valence-electron chi connectivity index (χ3n) is 4.60. The second-order valence-corrected chi connectivity index (χ2v) is 8.20. The molecule has 0 bridgehead atoms. The lowest BCUT2D eigenvalue weighted by Gasteiger charge is -2.13. The number of thiophene rings is 2. The summed E-state index contributed by atoms with van der Waals surface area (Å²) in [7, 11) is 0. The van der Waals surface area contributed by atoms with E-state index in [-0.39, 0.29) is 11.1 Å². The van der Waals surface area contributed by atoms with Gasteiger partial charge in [-0.1, -0.05) is 23.3 Å². The molecule has 1 aliphatic heterocycles. The van der Waals surface area contributed by atoms with Crippen molar-refractivity contribution in [1.82, 2.24) is 14.6 Å². The van der Waals surface area contributed by atoms with Gasteiger partial charge in [-0.25, -0.2) is 9.78 Å². The molecule has 30 heavy (non-hydrogen) atoms. The van der Waals surface area contributed by atoms with Crippen LogP contribution in [0.2, 0.25) is 0 Å². The molecule has 0 spiro atoms. The first kappa shape index (κ1) is 18.4. The molecule has 5 rings (SSSR count). The molecule has 8 nitrogen and oxygen atoms in total. The topological polar surface area (TPSA) is 98.6 Å². The molecule has 0 unspecified atom stereocenters. The number of amides is 2. The second-order valence-electron chi connectivity index (χ2n) is 6.40. The van der Waals surface area contributed by atoms with E-state index in [2.05, 4.69) is 4.98 Å². The third-order valence-corrected chi connectivity index (χ3v) is 6.39. The van der Waals surface area contributed by atoms with Gasteiger partial charge in [0.05, 0.1) is 22.8 Å². The number of benzene rings is 1. The van der Waals surface area contributed by atoms with Crippen LogP contribution in [-0.2, 0) is 16.2 Å². The van der Waals surface area contributed by atoms with Crippen LogP contribution in [0.25, 0.3) is 20.7 Å². The van der Waals surface area contributed by atoms with Crippen molar-refractivity contribution in [2.45, 2.75) is 6.54 Å². The van der Waals surface area contributed by atoms with Gasteiger partial charge in [-0.3, -0.25) is 19.0 Å². The molecule has 0 aliphatic carbocycles. The van der Waals surface area contributed by atoms with Gasteiger partial charge in [-0.05, 0) is 23.6 Å². The molecule has 0 saturated heterocycles. The summed E-state index contributed by atoms with van der Waals surface area (Å²) in [5.41, 5.74) is 0.679.